The van der Waals surface area contributed by atoms with Crippen LogP contribution in [0.3, 0.4) is 0 Å². The zero-order valence-corrected chi connectivity index (χ0v) is 16.4. The van der Waals surface area contributed by atoms with Crippen LogP contribution in [0.5, 0.6) is 0 Å². The Morgan fingerprint density at radius 2 is 1.62 bits per heavy atom. The molecule has 6 heteroatoms. The fourth-order valence-electron chi connectivity index (χ4n) is 4.23. The van der Waals surface area contributed by atoms with Crippen molar-refractivity contribution in [1.82, 2.24) is 4.90 Å². The SMILES string of the molecule is CC1(C)CCN(C(=O)C2(c3ccc(F)cc3)CCCCC2)CCS1(=O)=O. The van der Waals surface area contributed by atoms with Gasteiger partial charge in [0.05, 0.1) is 15.9 Å². The van der Waals surface area contributed by atoms with E-state index in [2.05, 4.69) is 0 Å². The van der Waals surface area contributed by atoms with Crippen LogP contribution >= 0.6 is 0 Å². The molecule has 1 aromatic rings. The molecule has 0 bridgehead atoms. The summed E-state index contributed by atoms with van der Waals surface area (Å²) in [4.78, 5) is 15.3. The van der Waals surface area contributed by atoms with Crippen molar-refractivity contribution in [3.63, 3.8) is 0 Å². The molecule has 1 amide bonds. The third-order valence-corrected chi connectivity index (χ3v) is 8.86. The number of carbonyl (C=O) groups is 1. The number of amides is 1. The van der Waals surface area contributed by atoms with Crippen molar-refractivity contribution in [2.75, 3.05) is 18.8 Å². The van der Waals surface area contributed by atoms with Crippen molar-refractivity contribution in [3.05, 3.63) is 35.6 Å². The Kier molecular flexibility index (Phi) is 5.17. The van der Waals surface area contributed by atoms with Gasteiger partial charge in [-0.25, -0.2) is 12.8 Å². The van der Waals surface area contributed by atoms with Gasteiger partial charge in [-0.2, -0.15) is 0 Å². The van der Waals surface area contributed by atoms with Crippen LogP contribution in [0.2, 0.25) is 0 Å². The van der Waals surface area contributed by atoms with Gasteiger partial charge in [0.15, 0.2) is 9.84 Å². The molecule has 1 aromatic carbocycles. The van der Waals surface area contributed by atoms with Gasteiger partial charge in [-0.15, -0.1) is 0 Å². The van der Waals surface area contributed by atoms with E-state index in [0.29, 0.717) is 13.0 Å². The molecule has 0 atom stereocenters. The standard InChI is InChI=1S/C20H28FNO3S/c1-19(2)12-13-22(14-15-26(19,24)25)18(23)20(10-4-3-5-11-20)16-6-8-17(21)9-7-16/h6-9H,3-5,10-15H2,1-2H3. The summed E-state index contributed by atoms with van der Waals surface area (Å²) in [5.74, 6) is -0.294. The topological polar surface area (TPSA) is 54.5 Å². The Hall–Kier alpha value is -1.43. The molecule has 1 heterocycles. The Bertz CT molecular complexity index is 765. The van der Waals surface area contributed by atoms with Crippen molar-refractivity contribution in [3.8, 4) is 0 Å². The van der Waals surface area contributed by atoms with Crippen LogP contribution < -0.4 is 0 Å². The highest BCUT2D eigenvalue weighted by Crippen LogP contribution is 2.41. The minimum Gasteiger partial charge on any atom is -0.341 e. The second-order valence-corrected chi connectivity index (χ2v) is 11.0. The van der Waals surface area contributed by atoms with Crippen LogP contribution in [-0.2, 0) is 20.0 Å². The number of nitrogens with zero attached hydrogens (tertiary/aromatic N) is 1. The summed E-state index contributed by atoms with van der Waals surface area (Å²) < 4.78 is 37.5. The molecule has 144 valence electrons. The third kappa shape index (κ3) is 3.40. The lowest BCUT2D eigenvalue weighted by atomic mass is 9.68. The number of hydrogen-bond donors (Lipinski definition) is 0. The first kappa shape index (κ1) is 19.3. The van der Waals surface area contributed by atoms with E-state index in [1.165, 1.54) is 12.1 Å². The molecule has 0 radical (unpaired) electrons. The Morgan fingerprint density at radius 3 is 2.23 bits per heavy atom. The Balaban J connectivity index is 1.92. The van der Waals surface area contributed by atoms with Gasteiger partial charge < -0.3 is 4.90 Å². The predicted molar refractivity (Wildman–Crippen MR) is 100 cm³/mol. The molecule has 1 saturated heterocycles. The molecule has 1 aliphatic heterocycles. The third-order valence-electron chi connectivity index (χ3n) is 6.26. The highest BCUT2D eigenvalue weighted by molar-refractivity contribution is 7.92. The average molecular weight is 382 g/mol. The molecule has 2 fully saturated rings. The van der Waals surface area contributed by atoms with Crippen molar-refractivity contribution in [2.45, 2.75) is 62.5 Å². The highest BCUT2D eigenvalue weighted by Gasteiger charge is 2.46. The van der Waals surface area contributed by atoms with Gasteiger partial charge in [0.25, 0.3) is 0 Å². The van der Waals surface area contributed by atoms with Crippen molar-refractivity contribution in [2.24, 2.45) is 0 Å². The lowest BCUT2D eigenvalue weighted by Crippen LogP contribution is -2.49. The van der Waals surface area contributed by atoms with E-state index < -0.39 is 20.0 Å². The van der Waals surface area contributed by atoms with E-state index in [-0.39, 0.29) is 24.0 Å². The second-order valence-electron chi connectivity index (χ2n) is 8.27. The van der Waals surface area contributed by atoms with E-state index in [1.54, 1.807) is 30.9 Å². The fourth-order valence-corrected chi connectivity index (χ4v) is 5.65. The first-order valence-corrected chi connectivity index (χ1v) is 11.1. The molecule has 4 nitrogen and oxygen atoms in total. The summed E-state index contributed by atoms with van der Waals surface area (Å²) in [6.07, 6.45) is 4.94. The number of rotatable bonds is 2. The molecular weight excluding hydrogens is 353 g/mol. The predicted octanol–water partition coefficient (Wildman–Crippen LogP) is 3.45. The molecule has 1 aliphatic carbocycles. The maximum atomic E-state index is 13.6. The summed E-state index contributed by atoms with van der Waals surface area (Å²) >= 11 is 0. The normalized spacial score (nSPS) is 24.7. The molecule has 0 N–H and O–H groups in total. The van der Waals surface area contributed by atoms with Crippen LogP contribution in [0.4, 0.5) is 4.39 Å². The van der Waals surface area contributed by atoms with Crippen molar-refractivity contribution >= 4 is 15.7 Å². The molecular formula is C20H28FNO3S. The van der Waals surface area contributed by atoms with Crippen molar-refractivity contribution in [1.29, 1.82) is 0 Å². The quantitative estimate of drug-likeness (QED) is 0.788. The monoisotopic (exact) mass is 381 g/mol. The Morgan fingerprint density at radius 1 is 1.00 bits per heavy atom. The summed E-state index contributed by atoms with van der Waals surface area (Å²) in [7, 11) is -3.23. The molecule has 26 heavy (non-hydrogen) atoms. The zero-order chi connectivity index (χ0) is 19.0. The van der Waals surface area contributed by atoms with E-state index >= 15 is 0 Å². The van der Waals surface area contributed by atoms with E-state index in [4.69, 9.17) is 0 Å². The van der Waals surface area contributed by atoms with Gasteiger partial charge in [0, 0.05) is 13.1 Å². The summed E-state index contributed by atoms with van der Waals surface area (Å²) in [5, 5.41) is 0. The molecule has 0 unspecified atom stereocenters. The highest BCUT2D eigenvalue weighted by atomic mass is 32.2. The largest absolute Gasteiger partial charge is 0.341 e. The van der Waals surface area contributed by atoms with Gasteiger partial charge >= 0.3 is 0 Å². The first-order chi connectivity index (χ1) is 12.2. The molecule has 0 aromatic heterocycles. The summed E-state index contributed by atoms with van der Waals surface area (Å²) in [6.45, 7) is 4.18. The van der Waals surface area contributed by atoms with Crippen LogP contribution in [0.25, 0.3) is 0 Å². The number of halogens is 1. The molecule has 3 rings (SSSR count). The van der Waals surface area contributed by atoms with Crippen molar-refractivity contribution < 1.29 is 17.6 Å². The van der Waals surface area contributed by atoms with Gasteiger partial charge in [0.2, 0.25) is 5.91 Å². The lowest BCUT2D eigenvalue weighted by Gasteiger charge is -2.40. The lowest BCUT2D eigenvalue weighted by molar-refractivity contribution is -0.138. The van der Waals surface area contributed by atoms with Gasteiger partial charge in [-0.3, -0.25) is 4.79 Å². The number of carbonyl (C=O) groups excluding carboxylic acids is 1. The minimum absolute atomic E-state index is 0.00520. The minimum atomic E-state index is -3.23. The van der Waals surface area contributed by atoms with Gasteiger partial charge in [-0.05, 0) is 50.8 Å². The van der Waals surface area contributed by atoms with Crippen LogP contribution in [0.1, 0.15) is 57.9 Å². The molecule has 0 spiro atoms. The number of sulfone groups is 1. The molecule has 1 saturated carbocycles. The zero-order valence-electron chi connectivity index (χ0n) is 15.6. The first-order valence-electron chi connectivity index (χ1n) is 9.46. The smallest absolute Gasteiger partial charge is 0.233 e. The van der Waals surface area contributed by atoms with Crippen LogP contribution in [0, 0.1) is 5.82 Å². The van der Waals surface area contributed by atoms with Crippen LogP contribution in [-0.4, -0.2) is 42.8 Å². The van der Waals surface area contributed by atoms with Gasteiger partial charge in [0.1, 0.15) is 5.82 Å². The van der Waals surface area contributed by atoms with E-state index in [0.717, 1.165) is 37.7 Å². The maximum absolute atomic E-state index is 13.6. The van der Waals surface area contributed by atoms with E-state index in [1.807, 2.05) is 0 Å². The average Bonchev–Trinajstić information content (AvgIpc) is 2.72. The summed E-state index contributed by atoms with van der Waals surface area (Å²) in [6, 6.07) is 6.26. The Labute approximate surface area is 155 Å². The van der Waals surface area contributed by atoms with Gasteiger partial charge in [-0.1, -0.05) is 31.4 Å². The summed E-state index contributed by atoms with van der Waals surface area (Å²) in [5.41, 5.74) is 0.208. The second kappa shape index (κ2) is 6.95. The van der Waals surface area contributed by atoms with E-state index in [9.17, 15) is 17.6 Å². The number of hydrogen-bond acceptors (Lipinski definition) is 3. The number of benzene rings is 1. The fraction of sp³-hybridized carbons (Fsp3) is 0.650. The maximum Gasteiger partial charge on any atom is 0.233 e. The van der Waals surface area contributed by atoms with Crippen LogP contribution in [0.15, 0.2) is 24.3 Å². The molecule has 2 aliphatic rings.